The predicted molar refractivity (Wildman–Crippen MR) is 88.7 cm³/mol. The molecule has 4 aliphatic carbocycles. The fourth-order valence-corrected chi connectivity index (χ4v) is 7.43. The summed E-state index contributed by atoms with van der Waals surface area (Å²) < 4.78 is 0. The Morgan fingerprint density at radius 3 is 2.52 bits per heavy atom. The number of carbonyl (C=O) groups excluding carboxylic acids is 1. The van der Waals surface area contributed by atoms with Gasteiger partial charge in [-0.1, -0.05) is 20.8 Å². The maximum Gasteiger partial charge on any atom is 0.133 e. The Kier molecular flexibility index (Phi) is 3.53. The van der Waals surface area contributed by atoms with Crippen LogP contribution in [0, 0.1) is 40.4 Å². The summed E-state index contributed by atoms with van der Waals surface area (Å²) in [7, 11) is 0. The third-order valence-corrected chi connectivity index (χ3v) is 9.00. The molecule has 0 aliphatic heterocycles. The van der Waals surface area contributed by atoms with Crippen LogP contribution in [0.4, 0.5) is 0 Å². The van der Waals surface area contributed by atoms with Gasteiger partial charge < -0.3 is 10.2 Å². The molecule has 0 bridgehead atoms. The molecule has 23 heavy (non-hydrogen) atoms. The maximum atomic E-state index is 12.1. The Hall–Kier alpha value is -0.410. The third-order valence-electron chi connectivity index (χ3n) is 9.00. The maximum absolute atomic E-state index is 12.1. The summed E-state index contributed by atoms with van der Waals surface area (Å²) in [5, 5.41) is 21.5. The van der Waals surface area contributed by atoms with E-state index in [1.165, 1.54) is 0 Å². The van der Waals surface area contributed by atoms with Crippen LogP contribution >= 0.6 is 0 Å². The summed E-state index contributed by atoms with van der Waals surface area (Å²) in [6.45, 7) is 6.92. The van der Waals surface area contributed by atoms with Crippen LogP contribution in [0.1, 0.15) is 65.7 Å². The Balaban J connectivity index is 1.72. The topological polar surface area (TPSA) is 57.5 Å². The van der Waals surface area contributed by atoms with Crippen LogP contribution in [-0.2, 0) is 4.79 Å². The van der Waals surface area contributed by atoms with Crippen molar-refractivity contribution in [2.45, 2.75) is 77.9 Å². The molecule has 0 heterocycles. The second kappa shape index (κ2) is 5.05. The average molecular weight is 320 g/mol. The molecule has 4 fully saturated rings. The van der Waals surface area contributed by atoms with Crippen LogP contribution in [-0.4, -0.2) is 28.2 Å². The highest BCUT2D eigenvalue weighted by Gasteiger charge is 2.63. The molecule has 4 saturated carbocycles. The Bertz CT molecular complexity index is 517. The van der Waals surface area contributed by atoms with Crippen LogP contribution < -0.4 is 0 Å². The van der Waals surface area contributed by atoms with Crippen molar-refractivity contribution in [3.05, 3.63) is 0 Å². The van der Waals surface area contributed by atoms with Crippen molar-refractivity contribution < 1.29 is 15.0 Å². The highest BCUT2D eigenvalue weighted by Crippen LogP contribution is 2.66. The smallest absolute Gasteiger partial charge is 0.133 e. The van der Waals surface area contributed by atoms with Gasteiger partial charge in [-0.15, -0.1) is 0 Å². The number of rotatable bonds is 0. The van der Waals surface area contributed by atoms with Gasteiger partial charge in [0, 0.05) is 12.8 Å². The van der Waals surface area contributed by atoms with E-state index in [-0.39, 0.29) is 23.0 Å². The highest BCUT2D eigenvalue weighted by atomic mass is 16.3. The summed E-state index contributed by atoms with van der Waals surface area (Å²) in [5.74, 6) is 2.46. The number of aliphatic hydroxyl groups is 2. The summed E-state index contributed by atoms with van der Waals surface area (Å²) in [6.07, 6.45) is 5.84. The Labute approximate surface area is 139 Å². The van der Waals surface area contributed by atoms with Gasteiger partial charge >= 0.3 is 0 Å². The van der Waals surface area contributed by atoms with Crippen LogP contribution in [0.3, 0.4) is 0 Å². The summed E-state index contributed by atoms with van der Waals surface area (Å²) in [4.78, 5) is 12.1. The molecule has 4 rings (SSSR count). The summed E-state index contributed by atoms with van der Waals surface area (Å²) in [6, 6.07) is 0. The van der Waals surface area contributed by atoms with Crippen molar-refractivity contribution in [3.8, 4) is 0 Å². The number of fused-ring (bicyclic) bond motifs is 5. The molecule has 130 valence electrons. The van der Waals surface area contributed by atoms with E-state index in [1.807, 2.05) is 0 Å². The van der Waals surface area contributed by atoms with E-state index in [1.54, 1.807) is 0 Å². The number of aliphatic hydroxyl groups excluding tert-OH is 2. The zero-order valence-corrected chi connectivity index (χ0v) is 14.8. The lowest BCUT2D eigenvalue weighted by atomic mass is 9.42. The molecule has 0 aromatic carbocycles. The van der Waals surface area contributed by atoms with E-state index >= 15 is 0 Å². The number of hydrogen-bond donors (Lipinski definition) is 2. The average Bonchev–Trinajstić information content (AvgIpc) is 2.78. The van der Waals surface area contributed by atoms with Crippen molar-refractivity contribution in [1.29, 1.82) is 0 Å². The first-order valence-electron chi connectivity index (χ1n) is 9.66. The van der Waals surface area contributed by atoms with Crippen molar-refractivity contribution >= 4 is 5.78 Å². The molecule has 4 unspecified atom stereocenters. The summed E-state index contributed by atoms with van der Waals surface area (Å²) in [5.41, 5.74) is 0.186. The van der Waals surface area contributed by atoms with Gasteiger partial charge in [0.1, 0.15) is 5.78 Å². The van der Waals surface area contributed by atoms with Crippen LogP contribution in [0.15, 0.2) is 0 Å². The molecular weight excluding hydrogens is 288 g/mol. The number of hydrogen-bond acceptors (Lipinski definition) is 3. The summed E-state index contributed by atoms with van der Waals surface area (Å²) >= 11 is 0. The SMILES string of the molecule is CC1CC(=O)CC2CC(O)[C@@H]3[C@@H](CC[C@]4(C)C(O)CC[C@@H]34)[C@@]12C. The molecule has 0 amide bonds. The lowest BCUT2D eigenvalue weighted by molar-refractivity contribution is -0.185. The molecule has 2 N–H and O–H groups in total. The normalized spacial score (nSPS) is 59.2. The van der Waals surface area contributed by atoms with Gasteiger partial charge in [-0.05, 0) is 72.5 Å². The van der Waals surface area contributed by atoms with Crippen LogP contribution in [0.2, 0.25) is 0 Å². The van der Waals surface area contributed by atoms with Crippen LogP contribution in [0.25, 0.3) is 0 Å². The Morgan fingerprint density at radius 2 is 1.78 bits per heavy atom. The Morgan fingerprint density at radius 1 is 1.04 bits per heavy atom. The number of ketones is 1. The fourth-order valence-electron chi connectivity index (χ4n) is 7.43. The van der Waals surface area contributed by atoms with Gasteiger partial charge in [0.25, 0.3) is 0 Å². The van der Waals surface area contributed by atoms with E-state index < -0.39 is 0 Å². The molecule has 4 aliphatic rings. The van der Waals surface area contributed by atoms with E-state index in [0.717, 1.165) is 38.5 Å². The molecule has 0 aromatic heterocycles. The zero-order valence-electron chi connectivity index (χ0n) is 14.8. The second-order valence-corrected chi connectivity index (χ2v) is 9.64. The van der Waals surface area contributed by atoms with E-state index in [0.29, 0.717) is 41.8 Å². The standard InChI is InChI=1S/C20H32O3/c1-11-8-13(21)9-12-10-16(22)18-14-4-5-17(23)19(14,2)7-6-15(18)20(11,12)3/h11-12,14-18,22-23H,4-10H2,1-3H3/t11?,12?,14-,15+,16?,17?,18-,19-,20-/m0/s1. The molecule has 3 heteroatoms. The minimum absolute atomic E-state index is 0.000925. The first kappa shape index (κ1) is 16.1. The second-order valence-electron chi connectivity index (χ2n) is 9.64. The van der Waals surface area contributed by atoms with Gasteiger partial charge in [-0.25, -0.2) is 0 Å². The molecule has 0 aromatic rings. The van der Waals surface area contributed by atoms with Crippen molar-refractivity contribution in [2.75, 3.05) is 0 Å². The van der Waals surface area contributed by atoms with E-state index in [4.69, 9.17) is 0 Å². The largest absolute Gasteiger partial charge is 0.393 e. The zero-order chi connectivity index (χ0) is 16.6. The van der Waals surface area contributed by atoms with Crippen molar-refractivity contribution in [3.63, 3.8) is 0 Å². The molecular formula is C20H32O3. The first-order chi connectivity index (χ1) is 10.8. The van der Waals surface area contributed by atoms with Gasteiger partial charge in [0.2, 0.25) is 0 Å². The predicted octanol–water partition coefficient (Wildman–Crippen LogP) is 3.18. The van der Waals surface area contributed by atoms with E-state index in [9.17, 15) is 15.0 Å². The minimum Gasteiger partial charge on any atom is -0.393 e. The highest BCUT2D eigenvalue weighted by molar-refractivity contribution is 5.80. The van der Waals surface area contributed by atoms with Gasteiger partial charge in [-0.2, -0.15) is 0 Å². The van der Waals surface area contributed by atoms with Crippen LogP contribution in [0.5, 0.6) is 0 Å². The van der Waals surface area contributed by atoms with Gasteiger partial charge in [0.15, 0.2) is 0 Å². The molecule has 0 radical (unpaired) electrons. The van der Waals surface area contributed by atoms with Crippen molar-refractivity contribution in [1.82, 2.24) is 0 Å². The lowest BCUT2D eigenvalue weighted by Gasteiger charge is -2.63. The third kappa shape index (κ3) is 1.99. The van der Waals surface area contributed by atoms with Crippen molar-refractivity contribution in [2.24, 2.45) is 40.4 Å². The van der Waals surface area contributed by atoms with E-state index in [2.05, 4.69) is 20.8 Å². The molecule has 9 atom stereocenters. The first-order valence-corrected chi connectivity index (χ1v) is 9.66. The quantitative estimate of drug-likeness (QED) is 0.721. The van der Waals surface area contributed by atoms with Gasteiger partial charge in [-0.3, -0.25) is 4.79 Å². The molecule has 0 spiro atoms. The lowest BCUT2D eigenvalue weighted by Crippen LogP contribution is -2.60. The number of carbonyl (C=O) groups is 1. The minimum atomic E-state index is -0.286. The number of Topliss-reactive ketones (excluding diaryl/α,β-unsaturated/α-hetero) is 1. The molecule has 3 nitrogen and oxygen atoms in total. The fraction of sp³-hybridized carbons (Fsp3) is 0.950. The monoisotopic (exact) mass is 320 g/mol. The van der Waals surface area contributed by atoms with Gasteiger partial charge in [0.05, 0.1) is 12.2 Å². The molecule has 0 saturated heterocycles.